The molecule has 1 fully saturated rings. The van der Waals surface area contributed by atoms with Crippen LogP contribution in [0.1, 0.15) is 5.56 Å². The van der Waals surface area contributed by atoms with Gasteiger partial charge in [0.15, 0.2) is 5.82 Å². The van der Waals surface area contributed by atoms with Crippen molar-refractivity contribution in [1.29, 1.82) is 0 Å². The number of hydrogen-bond acceptors (Lipinski definition) is 7. The van der Waals surface area contributed by atoms with E-state index in [1.54, 1.807) is 31.4 Å². The first-order valence-electron chi connectivity index (χ1n) is 14.0. The van der Waals surface area contributed by atoms with E-state index < -0.39 is 0 Å². The summed E-state index contributed by atoms with van der Waals surface area (Å²) in [4.78, 5) is 11.9. The van der Waals surface area contributed by atoms with E-state index in [9.17, 15) is 4.39 Å². The molecular formula is C34H33ClFN3O4. The molecule has 222 valence electrons. The molecule has 2 heterocycles. The standard InChI is InChI=1S/C34H32FN3O4.ClH/c1-39-29-11-8-24(9-12-29)32-22-33(42-23-28-4-2-3-5-31(28)35)37-34(36-32)27-7-6-26-21-30(13-10-25(26)20-27)41-19-16-38-14-17-40-18-15-38;/h2-13,20-22H,14-19,23H2,1H3;1H. The first-order chi connectivity index (χ1) is 20.6. The number of fused-ring (bicyclic) bond motifs is 1. The summed E-state index contributed by atoms with van der Waals surface area (Å²) in [7, 11) is 1.63. The average molecular weight is 602 g/mol. The highest BCUT2D eigenvalue weighted by atomic mass is 35.5. The van der Waals surface area contributed by atoms with Crippen molar-refractivity contribution in [3.63, 3.8) is 0 Å². The van der Waals surface area contributed by atoms with Crippen molar-refractivity contribution in [3.05, 3.63) is 102 Å². The van der Waals surface area contributed by atoms with Gasteiger partial charge in [0, 0.05) is 42.4 Å². The maximum absolute atomic E-state index is 14.2. The molecule has 4 aromatic carbocycles. The second-order valence-electron chi connectivity index (χ2n) is 10.0. The Labute approximate surface area is 256 Å². The molecule has 0 N–H and O–H groups in total. The molecule has 5 aromatic rings. The zero-order valence-corrected chi connectivity index (χ0v) is 24.7. The van der Waals surface area contributed by atoms with Crippen LogP contribution in [0.15, 0.2) is 91.0 Å². The van der Waals surface area contributed by atoms with Crippen molar-refractivity contribution >= 4 is 23.2 Å². The molecule has 0 aliphatic carbocycles. The Morgan fingerprint density at radius 1 is 0.791 bits per heavy atom. The van der Waals surface area contributed by atoms with Gasteiger partial charge in [0.2, 0.25) is 5.88 Å². The van der Waals surface area contributed by atoms with Crippen LogP contribution in [0.3, 0.4) is 0 Å². The highest BCUT2D eigenvalue weighted by Crippen LogP contribution is 2.30. The van der Waals surface area contributed by atoms with Crippen LogP contribution < -0.4 is 14.2 Å². The third-order valence-corrected chi connectivity index (χ3v) is 7.27. The van der Waals surface area contributed by atoms with Crippen LogP contribution in [-0.4, -0.2) is 61.4 Å². The molecule has 1 aliphatic heterocycles. The predicted octanol–water partition coefficient (Wildman–Crippen LogP) is 6.82. The summed E-state index contributed by atoms with van der Waals surface area (Å²) < 4.78 is 37.0. The zero-order chi connectivity index (χ0) is 28.7. The molecule has 0 bridgehead atoms. The number of ether oxygens (including phenoxy) is 4. The van der Waals surface area contributed by atoms with Crippen LogP contribution >= 0.6 is 12.4 Å². The van der Waals surface area contributed by atoms with Gasteiger partial charge in [0.25, 0.3) is 0 Å². The number of nitrogens with zero attached hydrogens (tertiary/aromatic N) is 3. The Morgan fingerprint density at radius 3 is 2.30 bits per heavy atom. The molecule has 7 nitrogen and oxygen atoms in total. The van der Waals surface area contributed by atoms with Crippen molar-refractivity contribution in [2.24, 2.45) is 0 Å². The van der Waals surface area contributed by atoms with E-state index in [0.29, 0.717) is 29.6 Å². The fourth-order valence-corrected chi connectivity index (χ4v) is 4.87. The summed E-state index contributed by atoms with van der Waals surface area (Å²) in [6.45, 7) is 5.02. The summed E-state index contributed by atoms with van der Waals surface area (Å²) in [5.41, 5.74) is 2.87. The van der Waals surface area contributed by atoms with E-state index in [-0.39, 0.29) is 24.8 Å². The Bertz CT molecular complexity index is 1660. The molecule has 0 saturated carbocycles. The summed E-state index contributed by atoms with van der Waals surface area (Å²) in [6.07, 6.45) is 0. The normalized spacial score (nSPS) is 13.3. The van der Waals surface area contributed by atoms with Crippen LogP contribution in [-0.2, 0) is 11.3 Å². The van der Waals surface area contributed by atoms with E-state index in [2.05, 4.69) is 17.0 Å². The van der Waals surface area contributed by atoms with Gasteiger partial charge in [-0.2, -0.15) is 4.98 Å². The molecule has 9 heteroatoms. The highest BCUT2D eigenvalue weighted by molar-refractivity contribution is 5.87. The summed E-state index contributed by atoms with van der Waals surface area (Å²) in [6, 6.07) is 28.2. The van der Waals surface area contributed by atoms with Gasteiger partial charge in [-0.3, -0.25) is 4.90 Å². The lowest BCUT2D eigenvalue weighted by molar-refractivity contribution is 0.0322. The van der Waals surface area contributed by atoms with Gasteiger partial charge in [-0.05, 0) is 59.3 Å². The molecular weight excluding hydrogens is 569 g/mol. The van der Waals surface area contributed by atoms with Crippen molar-refractivity contribution in [1.82, 2.24) is 14.9 Å². The lowest BCUT2D eigenvalue weighted by atomic mass is 10.1. The summed E-state index contributed by atoms with van der Waals surface area (Å²) in [5.74, 6) is 2.15. The van der Waals surface area contributed by atoms with E-state index in [1.165, 1.54) is 6.07 Å². The molecule has 43 heavy (non-hydrogen) atoms. The number of benzene rings is 4. The number of aromatic nitrogens is 2. The van der Waals surface area contributed by atoms with Gasteiger partial charge in [0.1, 0.15) is 30.5 Å². The third-order valence-electron chi connectivity index (χ3n) is 7.27. The number of hydrogen-bond donors (Lipinski definition) is 0. The first-order valence-corrected chi connectivity index (χ1v) is 14.0. The second-order valence-corrected chi connectivity index (χ2v) is 10.0. The zero-order valence-electron chi connectivity index (χ0n) is 23.9. The molecule has 1 aliphatic rings. The Hall–Kier alpha value is -4.24. The minimum atomic E-state index is -0.318. The van der Waals surface area contributed by atoms with Crippen LogP contribution in [0.5, 0.6) is 17.4 Å². The molecule has 0 unspecified atom stereocenters. The topological polar surface area (TPSA) is 65.9 Å². The number of halogens is 2. The van der Waals surface area contributed by atoms with E-state index >= 15 is 0 Å². The van der Waals surface area contributed by atoms with Gasteiger partial charge in [-0.1, -0.05) is 36.4 Å². The second kappa shape index (κ2) is 14.3. The van der Waals surface area contributed by atoms with Gasteiger partial charge >= 0.3 is 0 Å². The van der Waals surface area contributed by atoms with Gasteiger partial charge in [-0.25, -0.2) is 9.37 Å². The van der Waals surface area contributed by atoms with Crippen molar-refractivity contribution in [3.8, 4) is 40.0 Å². The minimum Gasteiger partial charge on any atom is -0.497 e. The Morgan fingerprint density at radius 2 is 1.51 bits per heavy atom. The SMILES string of the molecule is COc1ccc(-c2cc(OCc3ccccc3F)nc(-c3ccc4cc(OCCN5CCOCC5)ccc4c3)n2)cc1.Cl. The van der Waals surface area contributed by atoms with Crippen molar-refractivity contribution in [2.75, 3.05) is 46.6 Å². The first kappa shape index (κ1) is 30.2. The Balaban J connectivity index is 0.00000368. The van der Waals surface area contributed by atoms with Crippen LogP contribution in [0.4, 0.5) is 4.39 Å². The molecule has 0 amide bonds. The number of methoxy groups -OCH3 is 1. The van der Waals surface area contributed by atoms with E-state index in [4.69, 9.17) is 28.9 Å². The third kappa shape index (κ3) is 7.59. The molecule has 1 aromatic heterocycles. The van der Waals surface area contributed by atoms with Crippen molar-refractivity contribution in [2.45, 2.75) is 6.61 Å². The Kier molecular flexibility index (Phi) is 10.0. The number of rotatable bonds is 10. The van der Waals surface area contributed by atoms with Gasteiger partial charge in [0.05, 0.1) is 26.0 Å². The summed E-state index contributed by atoms with van der Waals surface area (Å²) in [5, 5.41) is 2.10. The number of morpholine rings is 1. The van der Waals surface area contributed by atoms with Crippen LogP contribution in [0.25, 0.3) is 33.4 Å². The fraction of sp³-hybridized carbons (Fsp3) is 0.235. The molecule has 0 radical (unpaired) electrons. The van der Waals surface area contributed by atoms with Gasteiger partial charge < -0.3 is 18.9 Å². The molecule has 0 spiro atoms. The fourth-order valence-electron chi connectivity index (χ4n) is 4.87. The predicted molar refractivity (Wildman–Crippen MR) is 168 cm³/mol. The average Bonchev–Trinajstić information content (AvgIpc) is 3.04. The van der Waals surface area contributed by atoms with Crippen LogP contribution in [0.2, 0.25) is 0 Å². The smallest absolute Gasteiger partial charge is 0.217 e. The molecule has 0 atom stereocenters. The molecule has 6 rings (SSSR count). The lowest BCUT2D eigenvalue weighted by Gasteiger charge is -2.26. The highest BCUT2D eigenvalue weighted by Gasteiger charge is 2.13. The van der Waals surface area contributed by atoms with E-state index in [0.717, 1.165) is 66.2 Å². The minimum absolute atomic E-state index is 0. The van der Waals surface area contributed by atoms with Gasteiger partial charge in [-0.15, -0.1) is 12.4 Å². The van der Waals surface area contributed by atoms with Crippen molar-refractivity contribution < 1.29 is 23.3 Å². The maximum atomic E-state index is 14.2. The van der Waals surface area contributed by atoms with E-state index in [1.807, 2.05) is 48.5 Å². The quantitative estimate of drug-likeness (QED) is 0.174. The molecule has 1 saturated heterocycles. The monoisotopic (exact) mass is 601 g/mol. The lowest BCUT2D eigenvalue weighted by Crippen LogP contribution is -2.38. The maximum Gasteiger partial charge on any atom is 0.217 e. The largest absolute Gasteiger partial charge is 0.497 e. The summed E-state index contributed by atoms with van der Waals surface area (Å²) >= 11 is 0. The van der Waals surface area contributed by atoms with Crippen LogP contribution in [0, 0.1) is 5.82 Å².